The van der Waals surface area contributed by atoms with Gasteiger partial charge in [-0.15, -0.1) is 0 Å². The number of phenols is 1. The van der Waals surface area contributed by atoms with E-state index in [1.165, 1.54) is 29.2 Å². The Kier molecular flexibility index (Phi) is 32.0. The molecular formula is C66H99N13O19. The number of carboxylic acids is 2. The van der Waals surface area contributed by atoms with Crippen LogP contribution in [0, 0.1) is 23.7 Å². The van der Waals surface area contributed by atoms with Crippen LogP contribution in [0.15, 0.2) is 54.7 Å². The first-order valence-corrected chi connectivity index (χ1v) is 32.8. The van der Waals surface area contributed by atoms with Gasteiger partial charge in [-0.1, -0.05) is 85.7 Å². The van der Waals surface area contributed by atoms with Gasteiger partial charge in [-0.2, -0.15) is 0 Å². The number of fused-ring (bicyclic) bond motifs is 1. The number of nitrogens with zero attached hydrogens (tertiary/aromatic N) is 1. The molecule has 11 amide bonds. The van der Waals surface area contributed by atoms with Crippen LogP contribution in [0.1, 0.15) is 125 Å². The minimum absolute atomic E-state index is 0.00432. The number of carbonyl (C=O) groups excluding carboxylic acids is 11. The average Bonchev–Trinajstić information content (AvgIpc) is 1.61. The Morgan fingerprint density at radius 1 is 0.541 bits per heavy atom. The van der Waals surface area contributed by atoms with E-state index in [2.05, 4.69) is 58.2 Å². The second-order valence-corrected chi connectivity index (χ2v) is 26.4. The van der Waals surface area contributed by atoms with Gasteiger partial charge in [0.1, 0.15) is 78.3 Å². The summed E-state index contributed by atoms with van der Waals surface area (Å²) in [5.74, 6) is -14.4. The molecule has 32 nitrogen and oxygen atoms in total. The highest BCUT2D eigenvalue weighted by molar-refractivity contribution is 6.00. The van der Waals surface area contributed by atoms with Crippen LogP contribution in [0.5, 0.6) is 5.75 Å². The lowest BCUT2D eigenvalue weighted by molar-refractivity contribution is -0.143. The number of hydrogen-bond acceptors (Lipinski definition) is 18. The number of likely N-dealkylation sites (tertiary alicyclic amines) is 1. The normalized spacial score (nSPS) is 16.7. The van der Waals surface area contributed by atoms with E-state index >= 15 is 0 Å². The number of amides is 11. The number of benzene rings is 2. The number of hydrogen-bond donors (Lipinski definition) is 18. The number of aromatic hydroxyl groups is 1. The van der Waals surface area contributed by atoms with Crippen molar-refractivity contribution < 1.29 is 93.0 Å². The maximum absolute atomic E-state index is 14.7. The zero-order chi connectivity index (χ0) is 73.4. The van der Waals surface area contributed by atoms with Crippen LogP contribution in [0.3, 0.4) is 0 Å². The van der Waals surface area contributed by atoms with Gasteiger partial charge in [-0.3, -0.25) is 57.5 Å². The molecule has 1 saturated heterocycles. The number of aromatic amines is 1. The molecule has 4 rings (SSSR count). The highest BCUT2D eigenvalue weighted by atomic mass is 16.4. The van der Waals surface area contributed by atoms with E-state index < -0.39 is 187 Å². The molecule has 3 aromatic rings. The fraction of sp³-hybridized carbons (Fsp3) is 0.591. The smallest absolute Gasteiger partial charge is 0.326 e. The summed E-state index contributed by atoms with van der Waals surface area (Å²) in [5, 5.41) is 85.7. The molecule has 13 atom stereocenters. The van der Waals surface area contributed by atoms with E-state index in [9.17, 15) is 93.0 Å². The van der Waals surface area contributed by atoms with Gasteiger partial charge >= 0.3 is 11.9 Å². The summed E-state index contributed by atoms with van der Waals surface area (Å²) in [7, 11) is 0. The quantitative estimate of drug-likeness (QED) is 0.0292. The fourth-order valence-electron chi connectivity index (χ4n) is 11.0. The first kappa shape index (κ1) is 81.2. The fourth-order valence-corrected chi connectivity index (χ4v) is 11.0. The minimum Gasteiger partial charge on any atom is -0.508 e. The number of aliphatic hydroxyl groups excluding tert-OH is 3. The SMILES string of the molecule is CC(C)C[C@H](NC(=O)[C@H](Cc1ccc(O)cc1)NC(=O)[C@@H](NC(=O)[C@@H](NC(=O)[C@H](C)NC(=O)[C@H](CCC(=O)O)NC(=O)[C@H](CO)NC(=O)[C@@H]1CCCN1C(=O)[C@H](CC(C)C)NC(=O)[C@H](Cc1c[nH]c2ccccc12)NC(=O)[C@H](CC(C)C)NC(=O)[C@@H](N)CO)[C@@H](C)O)C(C)C)C(=O)O. The van der Waals surface area contributed by atoms with E-state index in [0.717, 1.165) is 24.8 Å². The highest BCUT2D eigenvalue weighted by Crippen LogP contribution is 2.24. The number of rotatable bonds is 39. The zero-order valence-electron chi connectivity index (χ0n) is 57.0. The summed E-state index contributed by atoms with van der Waals surface area (Å²) in [5.41, 5.74) is 7.57. The second kappa shape index (κ2) is 38.6. The first-order valence-electron chi connectivity index (χ1n) is 32.8. The van der Waals surface area contributed by atoms with Crippen LogP contribution >= 0.6 is 0 Å². The monoisotopic (exact) mass is 1380 g/mol. The number of aromatic nitrogens is 1. The van der Waals surface area contributed by atoms with Crippen molar-refractivity contribution in [3.8, 4) is 5.75 Å². The molecule has 32 heteroatoms. The Bertz CT molecular complexity index is 3270. The summed E-state index contributed by atoms with van der Waals surface area (Å²) in [6.45, 7) is 14.3. The Morgan fingerprint density at radius 3 is 1.61 bits per heavy atom. The second-order valence-electron chi connectivity index (χ2n) is 26.4. The number of aliphatic carboxylic acids is 2. The average molecular weight is 1380 g/mol. The summed E-state index contributed by atoms with van der Waals surface area (Å²) in [4.78, 5) is 182. The predicted octanol–water partition coefficient (Wildman–Crippen LogP) is -2.05. The molecule has 0 spiro atoms. The van der Waals surface area contributed by atoms with Gasteiger partial charge < -0.3 is 99.4 Å². The molecule has 1 aromatic heterocycles. The standard InChI is InChI=1S/C66H99N13O19/c1-32(2)24-45(71-56(87)42(67)30-80)58(89)72-47(28-39-29-68-43-15-12-11-14-41(39)43)60(91)74-48(25-33(3)4)65(96)79-23-13-16-51(79)62(93)76-50(31-81)61(92)70-44(21-22-52(84)85)57(88)69-36(9)55(86)78-54(37(10)82)64(95)77-53(35(7)8)63(94)73-46(27-38-17-19-40(83)20-18-38)59(90)75-49(66(97)98)26-34(5)6/h11-12,14-15,17-20,29,32-37,42,44-51,53-54,68,80-83H,13,16,21-28,30-31,67H2,1-10H3,(H,69,88)(H,70,92)(H,71,87)(H,72,89)(H,73,94)(H,74,91)(H,75,90)(H,76,93)(H,77,95)(H,78,86)(H,84,85)(H,97,98)/t36-,37+,42-,44-,45-,46-,47-,48-,49-,50-,51-,53-,54-/m0/s1. The Hall–Kier alpha value is -9.27. The summed E-state index contributed by atoms with van der Waals surface area (Å²) in [6, 6.07) is -4.78. The van der Waals surface area contributed by atoms with Crippen molar-refractivity contribution in [2.75, 3.05) is 19.8 Å². The molecule has 98 heavy (non-hydrogen) atoms. The molecule has 0 saturated carbocycles. The first-order chi connectivity index (χ1) is 46.0. The third-order valence-electron chi connectivity index (χ3n) is 16.3. The van der Waals surface area contributed by atoms with Gasteiger partial charge in [-0.05, 0) is 105 Å². The van der Waals surface area contributed by atoms with Crippen LogP contribution in [0.4, 0.5) is 0 Å². The number of nitrogens with one attached hydrogen (secondary N) is 11. The number of aliphatic hydroxyl groups is 3. The highest BCUT2D eigenvalue weighted by Gasteiger charge is 2.42. The molecule has 1 aliphatic heterocycles. The lowest BCUT2D eigenvalue weighted by Crippen LogP contribution is -2.62. The maximum atomic E-state index is 14.7. The number of phenolic OH excluding ortho intramolecular Hbond substituents is 1. The summed E-state index contributed by atoms with van der Waals surface area (Å²) < 4.78 is 0. The topological polar surface area (TPSA) is 509 Å². The molecule has 0 bridgehead atoms. The molecule has 2 aromatic carbocycles. The summed E-state index contributed by atoms with van der Waals surface area (Å²) in [6.07, 6.45) is -1.07. The molecule has 0 unspecified atom stereocenters. The van der Waals surface area contributed by atoms with Gasteiger partial charge in [0, 0.05) is 42.9 Å². The Balaban J connectivity index is 1.49. The number of para-hydroxylation sites is 1. The number of nitrogens with two attached hydrogens (primary N) is 1. The summed E-state index contributed by atoms with van der Waals surface area (Å²) >= 11 is 0. The van der Waals surface area contributed by atoms with Crippen molar-refractivity contribution in [2.45, 2.75) is 206 Å². The van der Waals surface area contributed by atoms with E-state index in [4.69, 9.17) is 5.73 Å². The molecule has 0 radical (unpaired) electrons. The van der Waals surface area contributed by atoms with E-state index in [0.29, 0.717) is 11.1 Å². The molecule has 19 N–H and O–H groups in total. The van der Waals surface area contributed by atoms with E-state index in [1.54, 1.807) is 59.9 Å². The number of carboxylic acid groups (broad SMARTS) is 2. The van der Waals surface area contributed by atoms with Crippen LogP contribution in [0.25, 0.3) is 10.9 Å². The zero-order valence-corrected chi connectivity index (χ0v) is 57.0. The van der Waals surface area contributed by atoms with Crippen molar-refractivity contribution in [1.82, 2.24) is 63.1 Å². The lowest BCUT2D eigenvalue weighted by atomic mass is 9.99. The van der Waals surface area contributed by atoms with Gasteiger partial charge in [-0.25, -0.2) is 4.79 Å². The molecule has 1 fully saturated rings. The molecule has 2 heterocycles. The van der Waals surface area contributed by atoms with Crippen molar-refractivity contribution >= 4 is 87.8 Å². The predicted molar refractivity (Wildman–Crippen MR) is 355 cm³/mol. The lowest BCUT2D eigenvalue weighted by Gasteiger charge is -2.31. The largest absolute Gasteiger partial charge is 0.508 e. The van der Waals surface area contributed by atoms with Crippen LogP contribution in [0.2, 0.25) is 0 Å². The third-order valence-corrected chi connectivity index (χ3v) is 16.3. The van der Waals surface area contributed by atoms with Gasteiger partial charge in [0.05, 0.1) is 19.3 Å². The Morgan fingerprint density at radius 2 is 1.04 bits per heavy atom. The molecule has 1 aliphatic rings. The number of carbonyl (C=O) groups is 13. The van der Waals surface area contributed by atoms with Crippen LogP contribution in [-0.2, 0) is 75.2 Å². The molecule has 542 valence electrons. The van der Waals surface area contributed by atoms with Crippen LogP contribution < -0.4 is 58.9 Å². The third kappa shape index (κ3) is 25.0. The maximum Gasteiger partial charge on any atom is 0.326 e. The van der Waals surface area contributed by atoms with Crippen LogP contribution in [-0.4, -0.2) is 216 Å². The van der Waals surface area contributed by atoms with E-state index in [1.807, 2.05) is 26.0 Å². The van der Waals surface area contributed by atoms with Gasteiger partial charge in [0.15, 0.2) is 0 Å². The molecular weight excluding hydrogens is 1280 g/mol. The van der Waals surface area contributed by atoms with Crippen molar-refractivity contribution in [3.63, 3.8) is 0 Å². The number of H-pyrrole nitrogens is 1. The van der Waals surface area contributed by atoms with Gasteiger partial charge in [0.25, 0.3) is 0 Å². The Labute approximate surface area is 568 Å². The van der Waals surface area contributed by atoms with Crippen molar-refractivity contribution in [2.24, 2.45) is 29.4 Å². The minimum atomic E-state index is -1.83. The van der Waals surface area contributed by atoms with Gasteiger partial charge in [0.2, 0.25) is 65.0 Å². The van der Waals surface area contributed by atoms with Crippen molar-refractivity contribution in [1.29, 1.82) is 0 Å². The van der Waals surface area contributed by atoms with Crippen molar-refractivity contribution in [3.05, 3.63) is 65.9 Å². The van der Waals surface area contributed by atoms with E-state index in [-0.39, 0.29) is 75.0 Å². The molecule has 0 aliphatic carbocycles.